The molecule has 3 rings (SSSR count). The number of hydrogen-bond acceptors (Lipinski definition) is 3. The van der Waals surface area contributed by atoms with E-state index in [0.717, 1.165) is 16.5 Å². The quantitative estimate of drug-likeness (QED) is 0.758. The first-order valence-electron chi connectivity index (χ1n) is 7.29. The van der Waals surface area contributed by atoms with E-state index in [-0.39, 0.29) is 11.5 Å². The molecular weight excluding hydrogens is 278 g/mol. The van der Waals surface area contributed by atoms with Gasteiger partial charge in [-0.05, 0) is 56.3 Å². The van der Waals surface area contributed by atoms with Gasteiger partial charge in [0.25, 0.3) is 0 Å². The van der Waals surface area contributed by atoms with E-state index in [1.54, 1.807) is 36.4 Å². The average molecular weight is 297 g/mol. The van der Waals surface area contributed by atoms with Crippen LogP contribution in [0.5, 0.6) is 17.2 Å². The number of aromatic nitrogens is 1. The third-order valence-electron chi connectivity index (χ3n) is 3.69. The summed E-state index contributed by atoms with van der Waals surface area (Å²) in [5, 5.41) is 20.0. The minimum Gasteiger partial charge on any atom is -0.508 e. The fourth-order valence-corrected chi connectivity index (χ4v) is 2.56. The van der Waals surface area contributed by atoms with E-state index in [4.69, 9.17) is 4.74 Å². The van der Waals surface area contributed by atoms with E-state index in [2.05, 4.69) is 24.6 Å². The van der Waals surface area contributed by atoms with E-state index in [1.165, 1.54) is 0 Å². The first-order valence-corrected chi connectivity index (χ1v) is 7.29. The minimum atomic E-state index is 0.216. The summed E-state index contributed by atoms with van der Waals surface area (Å²) in [6, 6.07) is 12.4. The second kappa shape index (κ2) is 5.64. The molecule has 0 radical (unpaired) electrons. The molecule has 22 heavy (non-hydrogen) atoms. The van der Waals surface area contributed by atoms with Gasteiger partial charge < -0.3 is 19.5 Å². The highest BCUT2D eigenvalue weighted by molar-refractivity contribution is 5.85. The highest BCUT2D eigenvalue weighted by Gasteiger charge is 2.12. The number of phenols is 2. The second-order valence-corrected chi connectivity index (χ2v) is 5.64. The van der Waals surface area contributed by atoms with Gasteiger partial charge in [0.05, 0.1) is 0 Å². The van der Waals surface area contributed by atoms with Crippen LogP contribution in [-0.2, 0) is 6.61 Å². The maximum atomic E-state index is 9.74. The Morgan fingerprint density at radius 2 is 1.68 bits per heavy atom. The molecule has 0 aliphatic heterocycles. The van der Waals surface area contributed by atoms with E-state index >= 15 is 0 Å². The number of aromatic hydroxyl groups is 2. The minimum absolute atomic E-state index is 0.216. The Morgan fingerprint density at radius 3 is 2.36 bits per heavy atom. The molecule has 0 spiro atoms. The summed E-state index contributed by atoms with van der Waals surface area (Å²) in [6.07, 6.45) is 2.06. The predicted octanol–water partition coefficient (Wildman–Crippen LogP) is 4.21. The molecule has 0 saturated carbocycles. The monoisotopic (exact) mass is 297 g/mol. The van der Waals surface area contributed by atoms with Gasteiger partial charge in [-0.25, -0.2) is 0 Å². The van der Waals surface area contributed by atoms with Crippen molar-refractivity contribution in [1.29, 1.82) is 0 Å². The van der Waals surface area contributed by atoms with Crippen LogP contribution in [0.2, 0.25) is 0 Å². The maximum Gasteiger partial charge on any atom is 0.120 e. The second-order valence-electron chi connectivity index (χ2n) is 5.64. The largest absolute Gasteiger partial charge is 0.508 e. The van der Waals surface area contributed by atoms with Crippen LogP contribution in [0.3, 0.4) is 0 Å². The highest BCUT2D eigenvalue weighted by Crippen LogP contribution is 2.29. The fraction of sp³-hybridized carbons (Fsp3) is 0.222. The molecule has 1 heterocycles. The molecule has 114 valence electrons. The van der Waals surface area contributed by atoms with Crippen molar-refractivity contribution >= 4 is 10.9 Å². The summed E-state index contributed by atoms with van der Waals surface area (Å²) in [6.45, 7) is 4.65. The number of rotatable bonds is 4. The Bertz CT molecular complexity index is 788. The lowest BCUT2D eigenvalue weighted by Gasteiger charge is -2.08. The first-order chi connectivity index (χ1) is 10.5. The number of ether oxygens (including phenoxy) is 1. The molecule has 0 saturated heterocycles. The van der Waals surface area contributed by atoms with Crippen molar-refractivity contribution in [3.05, 3.63) is 54.2 Å². The Balaban J connectivity index is 1.92. The lowest BCUT2D eigenvalue weighted by atomic mass is 10.2. The SMILES string of the molecule is CC(C)n1cc(COc2ccc(O)cc2)c2cc(O)ccc21. The van der Waals surface area contributed by atoms with Gasteiger partial charge in [0.1, 0.15) is 23.9 Å². The molecule has 0 aliphatic rings. The van der Waals surface area contributed by atoms with Gasteiger partial charge in [0, 0.05) is 28.7 Å². The van der Waals surface area contributed by atoms with Gasteiger partial charge in [-0.15, -0.1) is 0 Å². The van der Waals surface area contributed by atoms with Crippen LogP contribution in [0, 0.1) is 0 Å². The molecule has 3 aromatic rings. The summed E-state index contributed by atoms with van der Waals surface area (Å²) in [4.78, 5) is 0. The van der Waals surface area contributed by atoms with Gasteiger partial charge >= 0.3 is 0 Å². The number of fused-ring (bicyclic) bond motifs is 1. The van der Waals surface area contributed by atoms with Gasteiger partial charge in [-0.3, -0.25) is 0 Å². The summed E-state index contributed by atoms with van der Waals surface area (Å²) >= 11 is 0. The van der Waals surface area contributed by atoms with Gasteiger partial charge in [-0.1, -0.05) is 0 Å². The van der Waals surface area contributed by atoms with Crippen LogP contribution in [0.15, 0.2) is 48.7 Å². The summed E-state index contributed by atoms with van der Waals surface area (Å²) in [7, 11) is 0. The van der Waals surface area contributed by atoms with Crippen molar-refractivity contribution in [3.8, 4) is 17.2 Å². The topological polar surface area (TPSA) is 54.6 Å². The molecule has 0 fully saturated rings. The van der Waals surface area contributed by atoms with E-state index in [0.29, 0.717) is 18.4 Å². The first kappa shape index (κ1) is 14.3. The lowest BCUT2D eigenvalue weighted by Crippen LogP contribution is -1.98. The molecule has 0 unspecified atom stereocenters. The lowest BCUT2D eigenvalue weighted by molar-refractivity contribution is 0.306. The van der Waals surface area contributed by atoms with Crippen LogP contribution >= 0.6 is 0 Å². The van der Waals surface area contributed by atoms with Crippen molar-refractivity contribution in [3.63, 3.8) is 0 Å². The molecule has 0 atom stereocenters. The van der Waals surface area contributed by atoms with Crippen molar-refractivity contribution in [2.45, 2.75) is 26.5 Å². The zero-order valence-electron chi connectivity index (χ0n) is 12.7. The van der Waals surface area contributed by atoms with E-state index < -0.39 is 0 Å². The number of hydrogen-bond donors (Lipinski definition) is 2. The van der Waals surface area contributed by atoms with Crippen LogP contribution < -0.4 is 4.74 Å². The Morgan fingerprint density at radius 1 is 1.00 bits per heavy atom. The summed E-state index contributed by atoms with van der Waals surface area (Å²) in [5.74, 6) is 1.16. The summed E-state index contributed by atoms with van der Waals surface area (Å²) in [5.41, 5.74) is 2.10. The molecule has 0 amide bonds. The molecule has 2 N–H and O–H groups in total. The van der Waals surface area contributed by atoms with Gasteiger partial charge in [-0.2, -0.15) is 0 Å². The molecule has 1 aromatic heterocycles. The predicted molar refractivity (Wildman–Crippen MR) is 86.4 cm³/mol. The number of phenolic OH excluding ortho intramolecular Hbond substituents is 2. The van der Waals surface area contributed by atoms with Crippen LogP contribution in [-0.4, -0.2) is 14.8 Å². The molecule has 2 aromatic carbocycles. The van der Waals surface area contributed by atoms with Crippen LogP contribution in [0.1, 0.15) is 25.5 Å². The van der Waals surface area contributed by atoms with Gasteiger partial charge in [0.15, 0.2) is 0 Å². The maximum absolute atomic E-state index is 9.74. The molecule has 0 bridgehead atoms. The smallest absolute Gasteiger partial charge is 0.120 e. The standard InChI is InChI=1S/C18H19NO3/c1-12(2)19-10-13(17-9-15(21)5-8-18(17)19)11-22-16-6-3-14(20)4-7-16/h3-10,12,20-21H,11H2,1-2H3. The Labute approximate surface area is 129 Å². The van der Waals surface area contributed by atoms with E-state index in [1.807, 2.05) is 6.07 Å². The third kappa shape index (κ3) is 2.72. The van der Waals surface area contributed by atoms with Gasteiger partial charge in [0.2, 0.25) is 0 Å². The zero-order valence-corrected chi connectivity index (χ0v) is 12.7. The Hall–Kier alpha value is -2.62. The van der Waals surface area contributed by atoms with Crippen molar-refractivity contribution < 1.29 is 14.9 Å². The number of benzene rings is 2. The van der Waals surface area contributed by atoms with Crippen LogP contribution in [0.4, 0.5) is 0 Å². The van der Waals surface area contributed by atoms with Crippen molar-refractivity contribution in [2.24, 2.45) is 0 Å². The van der Waals surface area contributed by atoms with Crippen molar-refractivity contribution in [1.82, 2.24) is 4.57 Å². The molecule has 0 aliphatic carbocycles. The number of nitrogens with zero attached hydrogens (tertiary/aromatic N) is 1. The normalized spacial score (nSPS) is 11.2. The molecular formula is C18H19NO3. The zero-order chi connectivity index (χ0) is 15.7. The fourth-order valence-electron chi connectivity index (χ4n) is 2.56. The average Bonchev–Trinajstić information content (AvgIpc) is 2.85. The summed E-state index contributed by atoms with van der Waals surface area (Å²) < 4.78 is 7.95. The molecule has 4 nitrogen and oxygen atoms in total. The Kier molecular flexibility index (Phi) is 3.67. The van der Waals surface area contributed by atoms with Crippen LogP contribution in [0.25, 0.3) is 10.9 Å². The van der Waals surface area contributed by atoms with E-state index in [9.17, 15) is 10.2 Å². The molecule has 4 heteroatoms. The third-order valence-corrected chi connectivity index (χ3v) is 3.69. The van der Waals surface area contributed by atoms with Crippen molar-refractivity contribution in [2.75, 3.05) is 0 Å². The highest BCUT2D eigenvalue weighted by atomic mass is 16.5.